The molecule has 1 aliphatic carbocycles. The van der Waals surface area contributed by atoms with Crippen LogP contribution < -0.4 is 10.6 Å². The van der Waals surface area contributed by atoms with E-state index < -0.39 is 6.10 Å². The van der Waals surface area contributed by atoms with Gasteiger partial charge in [0.15, 0.2) is 0 Å². The first kappa shape index (κ1) is 17.5. The first-order chi connectivity index (χ1) is 12.0. The standard InChI is InChI=1S/C19H26N4O2/c1-4-16-15(10-20-23(16)11-12(2)3)21-19(25)22-18-14-8-6-5-7-13(14)9-17(18)24/h5-8,10,12,17-18,24H,4,9,11H2,1-3H3,(H2,21,22,25)/t17-,18-/m1/s1. The summed E-state index contributed by atoms with van der Waals surface area (Å²) in [7, 11) is 0. The summed E-state index contributed by atoms with van der Waals surface area (Å²) in [6, 6.07) is 7.11. The van der Waals surface area contributed by atoms with Crippen LogP contribution in [0.25, 0.3) is 0 Å². The molecule has 0 bridgehead atoms. The van der Waals surface area contributed by atoms with Crippen LogP contribution in [0.5, 0.6) is 0 Å². The maximum absolute atomic E-state index is 12.5. The Balaban J connectivity index is 1.70. The zero-order valence-corrected chi connectivity index (χ0v) is 15.0. The number of amides is 2. The molecular formula is C19H26N4O2. The second-order valence-electron chi connectivity index (χ2n) is 6.98. The van der Waals surface area contributed by atoms with Crippen LogP contribution in [0.3, 0.4) is 0 Å². The highest BCUT2D eigenvalue weighted by Crippen LogP contribution is 2.31. The first-order valence-electron chi connectivity index (χ1n) is 8.87. The van der Waals surface area contributed by atoms with Crippen molar-refractivity contribution in [3.05, 3.63) is 47.3 Å². The highest BCUT2D eigenvalue weighted by atomic mass is 16.3. The van der Waals surface area contributed by atoms with Crippen molar-refractivity contribution in [2.24, 2.45) is 5.92 Å². The Kier molecular flexibility index (Phi) is 5.08. The number of aliphatic hydroxyl groups is 1. The van der Waals surface area contributed by atoms with Gasteiger partial charge in [0.05, 0.1) is 29.7 Å². The zero-order valence-electron chi connectivity index (χ0n) is 15.0. The van der Waals surface area contributed by atoms with Crippen LogP contribution in [0.15, 0.2) is 30.5 Å². The third-order valence-electron chi connectivity index (χ3n) is 4.56. The average Bonchev–Trinajstić information content (AvgIpc) is 3.08. The number of fused-ring (bicyclic) bond motifs is 1. The van der Waals surface area contributed by atoms with Crippen molar-refractivity contribution in [3.63, 3.8) is 0 Å². The number of anilines is 1. The molecule has 0 fully saturated rings. The molecule has 2 amide bonds. The predicted octanol–water partition coefficient (Wildman–Crippen LogP) is 2.88. The first-order valence-corrected chi connectivity index (χ1v) is 8.87. The minimum absolute atomic E-state index is 0.320. The Morgan fingerprint density at radius 3 is 2.88 bits per heavy atom. The van der Waals surface area contributed by atoms with Crippen LogP contribution in [0.2, 0.25) is 0 Å². The van der Waals surface area contributed by atoms with E-state index in [2.05, 4.69) is 29.6 Å². The number of nitrogens with one attached hydrogen (secondary N) is 2. The van der Waals surface area contributed by atoms with Crippen molar-refractivity contribution in [2.75, 3.05) is 5.32 Å². The van der Waals surface area contributed by atoms with Gasteiger partial charge in [-0.1, -0.05) is 45.0 Å². The molecule has 2 aromatic rings. The van der Waals surface area contributed by atoms with Crippen molar-refractivity contribution in [1.29, 1.82) is 0 Å². The minimum atomic E-state index is -0.600. The molecule has 3 N–H and O–H groups in total. The summed E-state index contributed by atoms with van der Waals surface area (Å²) in [6.07, 6.45) is 2.45. The molecule has 0 radical (unpaired) electrons. The number of carbonyl (C=O) groups excluding carboxylic acids is 1. The number of benzene rings is 1. The van der Waals surface area contributed by atoms with Gasteiger partial charge in [0, 0.05) is 13.0 Å². The zero-order chi connectivity index (χ0) is 18.0. The third-order valence-corrected chi connectivity index (χ3v) is 4.56. The monoisotopic (exact) mass is 342 g/mol. The summed E-state index contributed by atoms with van der Waals surface area (Å²) < 4.78 is 1.94. The predicted molar refractivity (Wildman–Crippen MR) is 97.5 cm³/mol. The van der Waals surface area contributed by atoms with E-state index in [0.717, 1.165) is 35.5 Å². The van der Waals surface area contributed by atoms with E-state index in [-0.39, 0.29) is 12.1 Å². The summed E-state index contributed by atoms with van der Waals surface area (Å²) in [5.74, 6) is 0.483. The molecule has 0 saturated heterocycles. The molecule has 1 aliphatic rings. The molecule has 6 nitrogen and oxygen atoms in total. The number of hydrogen-bond donors (Lipinski definition) is 3. The summed E-state index contributed by atoms with van der Waals surface area (Å²) in [5, 5.41) is 20.4. The number of hydrogen-bond acceptors (Lipinski definition) is 3. The van der Waals surface area contributed by atoms with Gasteiger partial charge in [0.2, 0.25) is 0 Å². The van der Waals surface area contributed by atoms with Gasteiger partial charge in [0.1, 0.15) is 0 Å². The van der Waals surface area contributed by atoms with Crippen molar-refractivity contribution in [2.45, 2.75) is 52.3 Å². The number of carbonyl (C=O) groups is 1. The fourth-order valence-electron chi connectivity index (χ4n) is 3.44. The number of urea groups is 1. The molecule has 0 spiro atoms. The normalized spacial score (nSPS) is 19.1. The van der Waals surface area contributed by atoms with Gasteiger partial charge in [-0.05, 0) is 23.5 Å². The SMILES string of the molecule is CCc1c(NC(=O)N[C@@H]2c3ccccc3C[C@H]2O)cnn1CC(C)C. The lowest BCUT2D eigenvalue weighted by Crippen LogP contribution is -2.37. The molecule has 134 valence electrons. The summed E-state index contributed by atoms with van der Waals surface area (Å²) in [4.78, 5) is 12.5. The lowest BCUT2D eigenvalue weighted by atomic mass is 10.1. The van der Waals surface area contributed by atoms with Gasteiger partial charge in [-0.25, -0.2) is 4.79 Å². The molecule has 1 aromatic carbocycles. The number of aromatic nitrogens is 2. The number of nitrogens with zero attached hydrogens (tertiary/aromatic N) is 2. The molecule has 6 heteroatoms. The van der Waals surface area contributed by atoms with E-state index >= 15 is 0 Å². The van der Waals surface area contributed by atoms with Crippen LogP contribution in [0.4, 0.5) is 10.5 Å². The van der Waals surface area contributed by atoms with Gasteiger partial charge in [-0.15, -0.1) is 0 Å². The van der Waals surface area contributed by atoms with Crippen molar-refractivity contribution >= 4 is 11.7 Å². The highest BCUT2D eigenvalue weighted by Gasteiger charge is 2.32. The Hall–Kier alpha value is -2.34. The fourth-order valence-corrected chi connectivity index (χ4v) is 3.44. The molecule has 1 heterocycles. The molecule has 25 heavy (non-hydrogen) atoms. The molecule has 3 rings (SSSR count). The Bertz CT molecular complexity index is 754. The van der Waals surface area contributed by atoms with Gasteiger partial charge >= 0.3 is 6.03 Å². The van der Waals surface area contributed by atoms with E-state index in [4.69, 9.17) is 0 Å². The number of aliphatic hydroxyl groups excluding tert-OH is 1. The molecule has 2 atom stereocenters. The molecule has 0 saturated carbocycles. The Morgan fingerprint density at radius 1 is 1.40 bits per heavy atom. The topological polar surface area (TPSA) is 79.2 Å². The molecule has 0 aliphatic heterocycles. The Labute approximate surface area is 148 Å². The minimum Gasteiger partial charge on any atom is -0.390 e. The summed E-state index contributed by atoms with van der Waals surface area (Å²) in [6.45, 7) is 7.15. The second-order valence-corrected chi connectivity index (χ2v) is 6.98. The van der Waals surface area contributed by atoms with E-state index in [9.17, 15) is 9.90 Å². The quantitative estimate of drug-likeness (QED) is 0.782. The van der Waals surface area contributed by atoms with Gasteiger partial charge < -0.3 is 15.7 Å². The van der Waals surface area contributed by atoms with E-state index in [1.54, 1.807) is 6.20 Å². The van der Waals surface area contributed by atoms with Crippen LogP contribution in [0.1, 0.15) is 43.6 Å². The number of rotatable bonds is 5. The fraction of sp³-hybridized carbons (Fsp3) is 0.474. The van der Waals surface area contributed by atoms with Crippen molar-refractivity contribution < 1.29 is 9.90 Å². The van der Waals surface area contributed by atoms with E-state index in [0.29, 0.717) is 12.3 Å². The van der Waals surface area contributed by atoms with Crippen LogP contribution in [-0.2, 0) is 19.4 Å². The summed E-state index contributed by atoms with van der Waals surface area (Å²) in [5.41, 5.74) is 3.80. The van der Waals surface area contributed by atoms with Crippen LogP contribution in [0, 0.1) is 5.92 Å². The average molecular weight is 342 g/mol. The van der Waals surface area contributed by atoms with Gasteiger partial charge in [0.25, 0.3) is 0 Å². The van der Waals surface area contributed by atoms with Crippen LogP contribution >= 0.6 is 0 Å². The van der Waals surface area contributed by atoms with Crippen LogP contribution in [-0.4, -0.2) is 27.0 Å². The lowest BCUT2D eigenvalue weighted by molar-refractivity contribution is 0.144. The van der Waals surface area contributed by atoms with E-state index in [1.165, 1.54) is 0 Å². The van der Waals surface area contributed by atoms with Gasteiger partial charge in [-0.2, -0.15) is 5.10 Å². The lowest BCUT2D eigenvalue weighted by Gasteiger charge is -2.18. The third kappa shape index (κ3) is 3.69. The van der Waals surface area contributed by atoms with Gasteiger partial charge in [-0.3, -0.25) is 4.68 Å². The largest absolute Gasteiger partial charge is 0.390 e. The van der Waals surface area contributed by atoms with Crippen molar-refractivity contribution in [3.8, 4) is 0 Å². The van der Waals surface area contributed by atoms with Crippen molar-refractivity contribution in [1.82, 2.24) is 15.1 Å². The molecule has 1 aromatic heterocycles. The smallest absolute Gasteiger partial charge is 0.319 e. The highest BCUT2D eigenvalue weighted by molar-refractivity contribution is 5.90. The summed E-state index contributed by atoms with van der Waals surface area (Å²) >= 11 is 0. The van der Waals surface area contributed by atoms with E-state index in [1.807, 2.05) is 35.9 Å². The Morgan fingerprint density at radius 2 is 2.16 bits per heavy atom. The second kappa shape index (κ2) is 7.27. The maximum Gasteiger partial charge on any atom is 0.319 e. The molecular weight excluding hydrogens is 316 g/mol. The maximum atomic E-state index is 12.5. The molecule has 0 unspecified atom stereocenters.